The molecule has 0 aromatic carbocycles. The molecule has 1 N–H and O–H groups in total. The molecule has 1 aliphatic heterocycles. The van der Waals surface area contributed by atoms with Crippen molar-refractivity contribution in [1.29, 1.82) is 0 Å². The van der Waals surface area contributed by atoms with Gasteiger partial charge in [-0.2, -0.15) is 0 Å². The van der Waals surface area contributed by atoms with Gasteiger partial charge in [-0.25, -0.2) is 0 Å². The molecule has 90 valence electrons. The number of hydrogen-bond acceptors (Lipinski definition) is 2. The van der Waals surface area contributed by atoms with Gasteiger partial charge in [-0.3, -0.25) is 0 Å². The highest BCUT2D eigenvalue weighted by Gasteiger charge is 2.17. The number of piperidine rings is 1. The third kappa shape index (κ3) is 4.52. The molecule has 1 saturated heterocycles. The van der Waals surface area contributed by atoms with Crippen LogP contribution in [0.3, 0.4) is 0 Å². The van der Waals surface area contributed by atoms with Crippen LogP contribution in [-0.4, -0.2) is 37.1 Å². The van der Waals surface area contributed by atoms with E-state index < -0.39 is 0 Å². The summed E-state index contributed by atoms with van der Waals surface area (Å²) in [6, 6.07) is 0.786. The number of rotatable bonds is 6. The lowest BCUT2D eigenvalue weighted by Crippen LogP contribution is -2.43. The highest BCUT2D eigenvalue weighted by atomic mass is 15.1. The molecule has 1 rings (SSSR count). The van der Waals surface area contributed by atoms with E-state index in [9.17, 15) is 0 Å². The lowest BCUT2D eigenvalue weighted by Gasteiger charge is -2.32. The molecule has 0 aromatic rings. The summed E-state index contributed by atoms with van der Waals surface area (Å²) in [5, 5.41) is 3.74. The first-order valence-corrected chi connectivity index (χ1v) is 6.75. The first kappa shape index (κ1) is 13.0. The summed E-state index contributed by atoms with van der Waals surface area (Å²) in [5.74, 6) is 0.884. The Kier molecular flexibility index (Phi) is 6.26. The first-order valence-electron chi connectivity index (χ1n) is 6.75. The molecule has 2 heteroatoms. The van der Waals surface area contributed by atoms with Gasteiger partial charge in [0, 0.05) is 6.04 Å². The van der Waals surface area contributed by atoms with E-state index in [2.05, 4.69) is 31.0 Å². The quantitative estimate of drug-likeness (QED) is 0.728. The zero-order valence-corrected chi connectivity index (χ0v) is 10.8. The Morgan fingerprint density at radius 2 is 1.73 bits per heavy atom. The molecule has 1 aliphatic rings. The van der Waals surface area contributed by atoms with Gasteiger partial charge in [0.05, 0.1) is 0 Å². The zero-order chi connectivity index (χ0) is 11.1. The molecule has 2 nitrogen and oxygen atoms in total. The van der Waals surface area contributed by atoms with Crippen LogP contribution in [0.15, 0.2) is 0 Å². The van der Waals surface area contributed by atoms with Crippen molar-refractivity contribution in [2.24, 2.45) is 5.92 Å². The van der Waals surface area contributed by atoms with E-state index in [0.717, 1.165) is 12.0 Å². The Morgan fingerprint density at radius 3 is 2.20 bits per heavy atom. The summed E-state index contributed by atoms with van der Waals surface area (Å²) in [7, 11) is 0. The van der Waals surface area contributed by atoms with Crippen molar-refractivity contribution in [1.82, 2.24) is 10.2 Å². The van der Waals surface area contributed by atoms with Gasteiger partial charge in [0.25, 0.3) is 0 Å². The van der Waals surface area contributed by atoms with Gasteiger partial charge in [0.15, 0.2) is 0 Å². The molecule has 1 fully saturated rings. The highest BCUT2D eigenvalue weighted by Crippen LogP contribution is 2.11. The molecule has 0 aliphatic carbocycles. The van der Waals surface area contributed by atoms with Gasteiger partial charge in [0.1, 0.15) is 0 Å². The number of nitrogens with zero attached hydrogens (tertiary/aromatic N) is 1. The van der Waals surface area contributed by atoms with Gasteiger partial charge in [-0.05, 0) is 44.9 Å². The molecule has 0 radical (unpaired) electrons. The molecule has 0 saturated carbocycles. The van der Waals surface area contributed by atoms with E-state index in [1.54, 1.807) is 0 Å². The van der Waals surface area contributed by atoms with Gasteiger partial charge in [-0.1, -0.05) is 33.6 Å². The van der Waals surface area contributed by atoms with Gasteiger partial charge < -0.3 is 10.2 Å². The van der Waals surface area contributed by atoms with Crippen LogP contribution >= 0.6 is 0 Å². The van der Waals surface area contributed by atoms with E-state index in [1.165, 1.54) is 51.9 Å². The van der Waals surface area contributed by atoms with Crippen LogP contribution in [0.2, 0.25) is 0 Å². The average molecular weight is 212 g/mol. The fourth-order valence-electron chi connectivity index (χ4n) is 2.36. The molecule has 0 atom stereocenters. The maximum atomic E-state index is 3.74. The Bertz CT molecular complexity index is 147. The van der Waals surface area contributed by atoms with E-state index >= 15 is 0 Å². The minimum Gasteiger partial charge on any atom is -0.314 e. The molecular formula is C13H28N2. The average Bonchev–Trinajstić information content (AvgIpc) is 2.31. The molecular weight excluding hydrogens is 184 g/mol. The summed E-state index contributed by atoms with van der Waals surface area (Å²) in [5.41, 5.74) is 0. The van der Waals surface area contributed by atoms with Gasteiger partial charge in [-0.15, -0.1) is 0 Å². The van der Waals surface area contributed by atoms with Gasteiger partial charge in [0.2, 0.25) is 0 Å². The van der Waals surface area contributed by atoms with Crippen LogP contribution in [0.1, 0.15) is 46.5 Å². The second kappa shape index (κ2) is 7.24. The minimum atomic E-state index is 0.786. The minimum absolute atomic E-state index is 0.786. The third-order valence-electron chi connectivity index (χ3n) is 3.88. The second-order valence-corrected chi connectivity index (χ2v) is 4.80. The van der Waals surface area contributed by atoms with Crippen LogP contribution in [0.25, 0.3) is 0 Å². The smallest absolute Gasteiger partial charge is 0.00915 e. The van der Waals surface area contributed by atoms with Crippen molar-refractivity contribution in [2.45, 2.75) is 52.5 Å². The molecule has 0 amide bonds. The SMILES string of the molecule is CCC(CC)CNC1CCN(CC)CC1. The van der Waals surface area contributed by atoms with Crippen molar-refractivity contribution in [3.05, 3.63) is 0 Å². The van der Waals surface area contributed by atoms with Gasteiger partial charge >= 0.3 is 0 Å². The van der Waals surface area contributed by atoms with E-state index in [-0.39, 0.29) is 0 Å². The lowest BCUT2D eigenvalue weighted by atomic mass is 10.0. The standard InChI is InChI=1S/C13H28N2/c1-4-12(5-2)11-14-13-7-9-15(6-3)10-8-13/h12-14H,4-11H2,1-3H3. The van der Waals surface area contributed by atoms with E-state index in [0.29, 0.717) is 0 Å². The van der Waals surface area contributed by atoms with Crippen molar-refractivity contribution in [3.8, 4) is 0 Å². The summed E-state index contributed by atoms with van der Waals surface area (Å²) in [6.07, 6.45) is 5.32. The largest absolute Gasteiger partial charge is 0.314 e. The third-order valence-corrected chi connectivity index (χ3v) is 3.88. The maximum absolute atomic E-state index is 3.74. The maximum Gasteiger partial charge on any atom is 0.00915 e. The van der Waals surface area contributed by atoms with Crippen LogP contribution in [0.4, 0.5) is 0 Å². The van der Waals surface area contributed by atoms with Crippen molar-refractivity contribution in [3.63, 3.8) is 0 Å². The Morgan fingerprint density at radius 1 is 1.13 bits per heavy atom. The Hall–Kier alpha value is -0.0800. The molecule has 0 bridgehead atoms. The summed E-state index contributed by atoms with van der Waals surface area (Å²) < 4.78 is 0. The van der Waals surface area contributed by atoms with E-state index in [4.69, 9.17) is 0 Å². The Balaban J connectivity index is 2.12. The summed E-state index contributed by atoms with van der Waals surface area (Å²) in [6.45, 7) is 11.9. The van der Waals surface area contributed by atoms with Crippen molar-refractivity contribution < 1.29 is 0 Å². The summed E-state index contributed by atoms with van der Waals surface area (Å²) in [4.78, 5) is 2.55. The fourth-order valence-corrected chi connectivity index (χ4v) is 2.36. The van der Waals surface area contributed by atoms with Crippen LogP contribution in [0.5, 0.6) is 0 Å². The monoisotopic (exact) mass is 212 g/mol. The molecule has 0 unspecified atom stereocenters. The summed E-state index contributed by atoms with van der Waals surface area (Å²) >= 11 is 0. The highest BCUT2D eigenvalue weighted by molar-refractivity contribution is 4.77. The number of nitrogens with one attached hydrogen (secondary N) is 1. The van der Waals surface area contributed by atoms with Crippen molar-refractivity contribution >= 4 is 0 Å². The number of hydrogen-bond donors (Lipinski definition) is 1. The Labute approximate surface area is 95.4 Å². The normalized spacial score (nSPS) is 20.0. The van der Waals surface area contributed by atoms with E-state index in [1.807, 2.05) is 0 Å². The van der Waals surface area contributed by atoms with Crippen molar-refractivity contribution in [2.75, 3.05) is 26.2 Å². The lowest BCUT2D eigenvalue weighted by molar-refractivity contribution is 0.202. The molecule has 0 spiro atoms. The van der Waals surface area contributed by atoms with Crippen LogP contribution in [-0.2, 0) is 0 Å². The van der Waals surface area contributed by atoms with Crippen LogP contribution < -0.4 is 5.32 Å². The predicted octanol–water partition coefficient (Wildman–Crippen LogP) is 2.50. The first-order chi connectivity index (χ1) is 7.30. The molecule has 0 aromatic heterocycles. The molecule has 15 heavy (non-hydrogen) atoms. The second-order valence-electron chi connectivity index (χ2n) is 4.80. The predicted molar refractivity (Wildman–Crippen MR) is 67.2 cm³/mol. The van der Waals surface area contributed by atoms with Crippen LogP contribution in [0, 0.1) is 5.92 Å². The topological polar surface area (TPSA) is 15.3 Å². The molecule has 1 heterocycles. The fraction of sp³-hybridized carbons (Fsp3) is 1.00. The number of likely N-dealkylation sites (tertiary alicyclic amines) is 1. The zero-order valence-electron chi connectivity index (χ0n) is 10.8.